The van der Waals surface area contributed by atoms with Crippen LogP contribution in [-0.4, -0.2) is 46.6 Å². The van der Waals surface area contributed by atoms with Crippen LogP contribution >= 0.6 is 47.0 Å². The molecule has 0 aromatic heterocycles. The van der Waals surface area contributed by atoms with Crippen LogP contribution in [0.15, 0.2) is 30.3 Å². The van der Waals surface area contributed by atoms with Gasteiger partial charge in [-0.15, -0.1) is 47.0 Å². The van der Waals surface area contributed by atoms with Crippen LogP contribution < -0.4 is 0 Å². The second-order valence-electron chi connectivity index (χ2n) is 12.8. The zero-order valence-electron chi connectivity index (χ0n) is 24.0. The Hall–Kier alpha value is 1.05. The summed E-state index contributed by atoms with van der Waals surface area (Å²) in [7, 11) is -3.07. The van der Waals surface area contributed by atoms with Gasteiger partial charge in [0.1, 0.15) is 0 Å². The Labute approximate surface area is 237 Å². The molecule has 1 aromatic rings. The van der Waals surface area contributed by atoms with Gasteiger partial charge in [0.15, 0.2) is 0 Å². The minimum atomic E-state index is -1.68. The standard InChI is InChI=1S/C29H52S4Si2/c1-23(2)35(24(3)4,25(5)6)29(32-19-14-20-33-29)22-27(26-15-11-10-12-16-26)21-28(34(7,8)9)30-17-13-18-31-28/h10-12,15-16,23-25,27H,13-14,17-22H2,1-9H3. The molecule has 0 radical (unpaired) electrons. The summed E-state index contributed by atoms with van der Waals surface area (Å²) in [6.07, 6.45) is 5.51. The average molecular weight is 585 g/mol. The van der Waals surface area contributed by atoms with Crippen molar-refractivity contribution in [3.63, 3.8) is 0 Å². The molecule has 1 aromatic carbocycles. The van der Waals surface area contributed by atoms with E-state index >= 15 is 0 Å². The highest BCUT2D eigenvalue weighted by atomic mass is 32.2. The van der Waals surface area contributed by atoms with Crippen LogP contribution in [0.4, 0.5) is 0 Å². The van der Waals surface area contributed by atoms with Crippen molar-refractivity contribution < 1.29 is 0 Å². The van der Waals surface area contributed by atoms with E-state index in [0.717, 1.165) is 16.6 Å². The van der Waals surface area contributed by atoms with Crippen molar-refractivity contribution in [1.29, 1.82) is 0 Å². The SMILES string of the molecule is CC(C)[Si](C(C)C)(C(C)C)C1(CC(CC2([Si](C)(C)C)SCCCS2)c2ccccc2)SCCCS1. The van der Waals surface area contributed by atoms with Crippen molar-refractivity contribution in [2.75, 3.05) is 23.0 Å². The van der Waals surface area contributed by atoms with E-state index in [-0.39, 0.29) is 0 Å². The summed E-state index contributed by atoms with van der Waals surface area (Å²) in [5.74, 6) is 6.09. The molecule has 2 fully saturated rings. The first-order valence-electron chi connectivity index (χ1n) is 14.0. The molecule has 0 amide bonds. The van der Waals surface area contributed by atoms with Crippen molar-refractivity contribution in [2.45, 2.75) is 117 Å². The summed E-state index contributed by atoms with van der Waals surface area (Å²) in [5.41, 5.74) is 4.03. The van der Waals surface area contributed by atoms with Gasteiger partial charge >= 0.3 is 0 Å². The average Bonchev–Trinajstić information content (AvgIpc) is 2.79. The lowest BCUT2D eigenvalue weighted by atomic mass is 9.93. The van der Waals surface area contributed by atoms with Crippen LogP contribution in [0, 0.1) is 0 Å². The molecule has 0 spiro atoms. The molecule has 35 heavy (non-hydrogen) atoms. The van der Waals surface area contributed by atoms with Crippen LogP contribution in [0.25, 0.3) is 0 Å². The number of hydrogen-bond acceptors (Lipinski definition) is 4. The van der Waals surface area contributed by atoms with Gasteiger partial charge < -0.3 is 0 Å². The van der Waals surface area contributed by atoms with Gasteiger partial charge in [-0.3, -0.25) is 0 Å². The number of rotatable bonds is 10. The summed E-state index contributed by atoms with van der Waals surface area (Å²) in [5, 5.41) is 0. The van der Waals surface area contributed by atoms with Gasteiger partial charge in [0.25, 0.3) is 0 Å². The summed E-state index contributed by atoms with van der Waals surface area (Å²) < 4.78 is 0.849. The lowest BCUT2D eigenvalue weighted by molar-refractivity contribution is 0.575. The predicted octanol–water partition coefficient (Wildman–Crippen LogP) is 10.8. The van der Waals surface area contributed by atoms with E-state index in [1.807, 2.05) is 0 Å². The van der Waals surface area contributed by atoms with Gasteiger partial charge in [0.2, 0.25) is 0 Å². The molecule has 0 aliphatic carbocycles. The Morgan fingerprint density at radius 3 is 1.46 bits per heavy atom. The maximum Gasteiger partial charge on any atom is 0.0918 e. The molecule has 3 rings (SSSR count). The third-order valence-corrected chi connectivity index (χ3v) is 32.1. The third-order valence-electron chi connectivity index (χ3n) is 8.89. The zero-order valence-corrected chi connectivity index (χ0v) is 29.3. The summed E-state index contributed by atoms with van der Waals surface area (Å²) in [4.78, 5) is 0. The monoisotopic (exact) mass is 584 g/mol. The normalized spacial score (nSPS) is 22.1. The van der Waals surface area contributed by atoms with Crippen molar-refractivity contribution in [2.24, 2.45) is 0 Å². The molecule has 1 atom stereocenters. The minimum absolute atomic E-state index is 0.410. The van der Waals surface area contributed by atoms with Gasteiger partial charge in [-0.1, -0.05) is 91.5 Å². The lowest BCUT2D eigenvalue weighted by Crippen LogP contribution is -2.62. The Kier molecular flexibility index (Phi) is 10.9. The molecule has 2 saturated heterocycles. The molecule has 200 valence electrons. The topological polar surface area (TPSA) is 0 Å². The second kappa shape index (κ2) is 12.5. The molecule has 0 nitrogen and oxygen atoms in total. The van der Waals surface area contributed by atoms with Crippen molar-refractivity contribution >= 4 is 63.2 Å². The Morgan fingerprint density at radius 2 is 1.06 bits per heavy atom. The highest BCUT2D eigenvalue weighted by Gasteiger charge is 2.61. The first kappa shape index (κ1) is 30.6. The fraction of sp³-hybridized carbons (Fsp3) is 0.793. The molecule has 0 N–H and O–H groups in total. The third kappa shape index (κ3) is 6.13. The first-order chi connectivity index (χ1) is 16.4. The summed E-state index contributed by atoms with van der Waals surface area (Å²) >= 11 is 9.53. The lowest BCUT2D eigenvalue weighted by Gasteiger charge is -2.59. The predicted molar refractivity (Wildman–Crippen MR) is 177 cm³/mol. The second-order valence-corrected chi connectivity index (χ2v) is 31.8. The van der Waals surface area contributed by atoms with Gasteiger partial charge in [0.05, 0.1) is 23.6 Å². The minimum Gasteiger partial charge on any atom is -0.148 e. The van der Waals surface area contributed by atoms with E-state index in [1.165, 1.54) is 48.7 Å². The zero-order chi connectivity index (χ0) is 25.9. The molecule has 2 aliphatic heterocycles. The molecular weight excluding hydrogens is 533 g/mol. The maximum atomic E-state index is 2.65. The summed E-state index contributed by atoms with van der Waals surface area (Å²) in [6.45, 7) is 23.5. The van der Waals surface area contributed by atoms with E-state index in [4.69, 9.17) is 0 Å². The van der Waals surface area contributed by atoms with Crippen LogP contribution in [-0.2, 0) is 0 Å². The van der Waals surface area contributed by atoms with Gasteiger partial charge in [-0.05, 0) is 76.8 Å². The van der Waals surface area contributed by atoms with Gasteiger partial charge in [-0.25, -0.2) is 0 Å². The highest BCUT2D eigenvalue weighted by Crippen LogP contribution is 2.64. The molecule has 2 heterocycles. The van der Waals surface area contributed by atoms with E-state index in [1.54, 1.807) is 5.56 Å². The van der Waals surface area contributed by atoms with Crippen LogP contribution in [0.3, 0.4) is 0 Å². The van der Waals surface area contributed by atoms with E-state index in [2.05, 4.69) is 139 Å². The Balaban J connectivity index is 2.13. The molecule has 0 saturated carbocycles. The highest BCUT2D eigenvalue weighted by molar-refractivity contribution is 8.21. The molecule has 6 heteroatoms. The van der Waals surface area contributed by atoms with E-state index < -0.39 is 16.1 Å². The van der Waals surface area contributed by atoms with Crippen molar-refractivity contribution in [3.8, 4) is 0 Å². The molecule has 1 unspecified atom stereocenters. The largest absolute Gasteiger partial charge is 0.148 e. The van der Waals surface area contributed by atoms with Crippen molar-refractivity contribution in [1.82, 2.24) is 0 Å². The Bertz CT molecular complexity index is 754. The Morgan fingerprint density at radius 1 is 0.657 bits per heavy atom. The number of benzene rings is 1. The molecule has 0 bridgehead atoms. The molecular formula is C29H52S4Si2. The quantitative estimate of drug-likeness (QED) is 0.251. The summed E-state index contributed by atoms with van der Waals surface area (Å²) in [6, 6.07) is 11.8. The number of hydrogen-bond donors (Lipinski definition) is 0. The van der Waals surface area contributed by atoms with Crippen LogP contribution in [0.2, 0.25) is 36.3 Å². The maximum absolute atomic E-state index is 2.65. The van der Waals surface area contributed by atoms with Gasteiger partial charge in [0, 0.05) is 0 Å². The van der Waals surface area contributed by atoms with Crippen molar-refractivity contribution in [3.05, 3.63) is 35.9 Å². The smallest absolute Gasteiger partial charge is 0.0918 e. The number of thioether (sulfide) groups is 4. The van der Waals surface area contributed by atoms with Crippen LogP contribution in [0.1, 0.15) is 78.7 Å². The first-order valence-corrected chi connectivity index (χ1v) is 23.7. The fourth-order valence-electron chi connectivity index (χ4n) is 7.55. The molecule has 2 aliphatic rings. The van der Waals surface area contributed by atoms with Crippen LogP contribution in [0.5, 0.6) is 0 Å². The van der Waals surface area contributed by atoms with E-state index in [0.29, 0.717) is 13.3 Å². The van der Waals surface area contributed by atoms with Gasteiger partial charge in [-0.2, -0.15) is 0 Å². The fourth-order valence-corrected chi connectivity index (χ4v) is 32.4. The van der Waals surface area contributed by atoms with E-state index in [9.17, 15) is 0 Å².